The van der Waals surface area contributed by atoms with E-state index in [4.69, 9.17) is 5.02 Å². The summed E-state index contributed by atoms with van der Waals surface area (Å²) in [7, 11) is 0. The molecule has 2 heteroatoms. The van der Waals surface area contributed by atoms with Crippen molar-refractivity contribution >= 4 is 6.92 Å². The first kappa shape index (κ1) is 8.24. The highest BCUT2D eigenvalue weighted by Gasteiger charge is 2.03. The molecule has 9 heavy (non-hydrogen) atoms. The van der Waals surface area contributed by atoms with Gasteiger partial charge in [0.2, 0.25) is 0 Å². The highest BCUT2D eigenvalue weighted by atomic mass is 16.2. The van der Waals surface area contributed by atoms with Gasteiger partial charge in [0.05, 0.1) is 0 Å². The summed E-state index contributed by atoms with van der Waals surface area (Å²) >= 11 is 0. The van der Waals surface area contributed by atoms with E-state index < -0.39 is 6.92 Å². The molecule has 0 aromatic rings. The van der Waals surface area contributed by atoms with Gasteiger partial charge in [0.1, 0.15) is 0 Å². The zero-order valence-electron chi connectivity index (χ0n) is 5.67. The maximum atomic E-state index is 8.96. The van der Waals surface area contributed by atoms with Crippen LogP contribution in [0.1, 0.15) is 0 Å². The Bertz CT molecular complexity index is 136. The lowest BCUT2D eigenvalue weighted by molar-refractivity contribution is 0.590. The fraction of sp³-hybridized carbons (Fsp3) is 0.143. The first-order valence-corrected chi connectivity index (χ1v) is 2.85. The summed E-state index contributed by atoms with van der Waals surface area (Å²) in [6.45, 7) is 8.27. The predicted octanol–water partition coefficient (Wildman–Crippen LogP) is 1.44. The Morgan fingerprint density at radius 1 is 1.56 bits per heavy atom. The fourth-order valence-electron chi connectivity index (χ4n) is 0.514. The minimum Gasteiger partial charge on any atom is -0.447 e. The topological polar surface area (TPSA) is 20.2 Å². The molecule has 0 spiro atoms. The molecule has 0 aliphatic heterocycles. The monoisotopic (exact) mass is 122 g/mol. The highest BCUT2D eigenvalue weighted by Crippen LogP contribution is 1.98. The molecule has 0 bridgehead atoms. The molecule has 0 saturated carbocycles. The second-order valence-corrected chi connectivity index (χ2v) is 1.78. The van der Waals surface area contributed by atoms with Crippen molar-refractivity contribution in [2.24, 2.45) is 0 Å². The third-order valence-corrected chi connectivity index (χ3v) is 1.03. The van der Waals surface area contributed by atoms with Gasteiger partial charge in [-0.2, -0.15) is 0 Å². The van der Waals surface area contributed by atoms with Gasteiger partial charge in [-0.25, -0.2) is 0 Å². The smallest absolute Gasteiger partial charge is 0.320 e. The number of hydrogen-bond acceptors (Lipinski definition) is 1. The summed E-state index contributed by atoms with van der Waals surface area (Å²) in [6, 6.07) is 0. The largest absolute Gasteiger partial charge is 0.447 e. The second kappa shape index (κ2) is 4.16. The molecule has 0 radical (unpaired) electrons. The van der Waals surface area contributed by atoms with Crippen molar-refractivity contribution in [3.8, 4) is 0 Å². The van der Waals surface area contributed by atoms with Crippen molar-refractivity contribution in [3.05, 3.63) is 36.9 Å². The second-order valence-electron chi connectivity index (χ2n) is 1.78. The quantitative estimate of drug-likeness (QED) is 0.443. The van der Waals surface area contributed by atoms with Gasteiger partial charge in [-0.15, -0.1) is 0 Å². The molecule has 0 unspecified atom stereocenters. The summed E-state index contributed by atoms with van der Waals surface area (Å²) in [5.74, 6) is 0. The Labute approximate surface area is 56.5 Å². The first-order chi connectivity index (χ1) is 4.22. The molecule has 0 aromatic heterocycles. The van der Waals surface area contributed by atoms with Crippen LogP contribution in [0.5, 0.6) is 0 Å². The molecule has 48 valence electrons. The van der Waals surface area contributed by atoms with E-state index in [0.29, 0.717) is 0 Å². The van der Waals surface area contributed by atoms with Gasteiger partial charge in [0, 0.05) is 0 Å². The first-order valence-electron chi connectivity index (χ1n) is 2.85. The molecule has 0 aliphatic carbocycles. The Balaban J connectivity index is 4.13. The van der Waals surface area contributed by atoms with Crippen LogP contribution in [-0.2, 0) is 0 Å². The summed E-state index contributed by atoms with van der Waals surface area (Å²) in [4.78, 5) is 0. The van der Waals surface area contributed by atoms with E-state index in [9.17, 15) is 0 Å². The average molecular weight is 122 g/mol. The van der Waals surface area contributed by atoms with E-state index in [1.54, 1.807) is 25.1 Å². The molecule has 0 aliphatic rings. The molecule has 0 fully saturated rings. The minimum absolute atomic E-state index is 0.444. The van der Waals surface area contributed by atoms with E-state index in [2.05, 4.69) is 13.2 Å². The fourth-order valence-corrected chi connectivity index (χ4v) is 0.514. The Kier molecular flexibility index (Phi) is 3.81. The standard InChI is InChI=1S/C7H11BO/c1-4-6-7(5-2)8(3)9/h4-6,9H,1-2H2,3H3/b7-6+. The van der Waals surface area contributed by atoms with Crippen LogP contribution in [0.15, 0.2) is 36.9 Å². The van der Waals surface area contributed by atoms with Crippen LogP contribution < -0.4 is 0 Å². The predicted molar refractivity (Wildman–Crippen MR) is 42.3 cm³/mol. The molecule has 0 amide bonds. The van der Waals surface area contributed by atoms with Crippen LogP contribution in [0.4, 0.5) is 0 Å². The van der Waals surface area contributed by atoms with Gasteiger partial charge in [-0.1, -0.05) is 43.7 Å². The van der Waals surface area contributed by atoms with Gasteiger partial charge >= 0.3 is 6.92 Å². The maximum Gasteiger partial charge on any atom is 0.320 e. The van der Waals surface area contributed by atoms with E-state index in [1.165, 1.54) is 0 Å². The van der Waals surface area contributed by atoms with Gasteiger partial charge in [-0.3, -0.25) is 0 Å². The van der Waals surface area contributed by atoms with E-state index in [-0.39, 0.29) is 0 Å². The van der Waals surface area contributed by atoms with Crippen LogP contribution in [-0.4, -0.2) is 11.9 Å². The van der Waals surface area contributed by atoms with E-state index >= 15 is 0 Å². The molecular weight excluding hydrogens is 111 g/mol. The summed E-state index contributed by atoms with van der Waals surface area (Å²) < 4.78 is 0. The Hall–Kier alpha value is -0.755. The third kappa shape index (κ3) is 2.93. The van der Waals surface area contributed by atoms with Crippen molar-refractivity contribution in [1.29, 1.82) is 0 Å². The lowest BCUT2D eigenvalue weighted by Crippen LogP contribution is -2.07. The lowest BCUT2D eigenvalue weighted by Gasteiger charge is -1.96. The van der Waals surface area contributed by atoms with Crippen LogP contribution >= 0.6 is 0 Å². The zero-order valence-corrected chi connectivity index (χ0v) is 5.67. The van der Waals surface area contributed by atoms with Crippen LogP contribution in [0.25, 0.3) is 0 Å². The van der Waals surface area contributed by atoms with Crippen molar-refractivity contribution in [3.63, 3.8) is 0 Å². The van der Waals surface area contributed by atoms with Crippen molar-refractivity contribution in [1.82, 2.24) is 0 Å². The number of rotatable bonds is 3. The molecule has 0 saturated heterocycles. The normalized spacial score (nSPS) is 10.7. The summed E-state index contributed by atoms with van der Waals surface area (Å²) in [5, 5.41) is 8.96. The van der Waals surface area contributed by atoms with Crippen molar-refractivity contribution < 1.29 is 5.02 Å². The van der Waals surface area contributed by atoms with Gasteiger partial charge < -0.3 is 5.02 Å². The summed E-state index contributed by atoms with van der Waals surface area (Å²) in [6.07, 6.45) is 4.98. The van der Waals surface area contributed by atoms with Crippen LogP contribution in [0.3, 0.4) is 0 Å². The number of hydrogen-bond donors (Lipinski definition) is 1. The number of allylic oxidation sites excluding steroid dienone is 4. The lowest BCUT2D eigenvalue weighted by atomic mass is 9.63. The van der Waals surface area contributed by atoms with Gasteiger partial charge in [0.15, 0.2) is 0 Å². The molecular formula is C7H11BO. The Morgan fingerprint density at radius 2 is 2.11 bits per heavy atom. The van der Waals surface area contributed by atoms with Crippen LogP contribution in [0, 0.1) is 0 Å². The van der Waals surface area contributed by atoms with Gasteiger partial charge in [0.25, 0.3) is 0 Å². The summed E-state index contributed by atoms with van der Waals surface area (Å²) in [5.41, 5.74) is 0.796. The SMILES string of the molecule is C=C/C=C(\C=C)B(C)O. The average Bonchev–Trinajstić information content (AvgIpc) is 1.82. The van der Waals surface area contributed by atoms with E-state index in [0.717, 1.165) is 5.47 Å². The van der Waals surface area contributed by atoms with Crippen LogP contribution in [0.2, 0.25) is 6.82 Å². The van der Waals surface area contributed by atoms with Crippen molar-refractivity contribution in [2.75, 3.05) is 0 Å². The molecule has 1 nitrogen and oxygen atoms in total. The van der Waals surface area contributed by atoms with Gasteiger partial charge in [-0.05, 0) is 0 Å². The Morgan fingerprint density at radius 3 is 2.22 bits per heavy atom. The van der Waals surface area contributed by atoms with E-state index in [1.807, 2.05) is 0 Å². The molecule has 1 N–H and O–H groups in total. The molecule has 0 atom stereocenters. The van der Waals surface area contributed by atoms with Crippen molar-refractivity contribution in [2.45, 2.75) is 6.82 Å². The zero-order chi connectivity index (χ0) is 7.28. The molecule has 0 rings (SSSR count). The molecule has 0 heterocycles. The third-order valence-electron chi connectivity index (χ3n) is 1.03. The highest BCUT2D eigenvalue weighted by molar-refractivity contribution is 6.58. The maximum absolute atomic E-state index is 8.96. The molecule has 0 aromatic carbocycles. The minimum atomic E-state index is -0.444.